The Kier molecular flexibility index (Phi) is 8.04. The van der Waals surface area contributed by atoms with Crippen molar-refractivity contribution in [2.45, 2.75) is 96.4 Å². The highest BCUT2D eigenvalue weighted by Crippen LogP contribution is 2.38. The topological polar surface area (TPSA) is 47.6 Å². The predicted molar refractivity (Wildman–Crippen MR) is 109 cm³/mol. The molecule has 27 heavy (non-hydrogen) atoms. The summed E-state index contributed by atoms with van der Waals surface area (Å²) in [5.41, 5.74) is -1.27. The number of alkyl halides is 3. The van der Waals surface area contributed by atoms with E-state index in [-0.39, 0.29) is 23.3 Å². The summed E-state index contributed by atoms with van der Waals surface area (Å²) >= 11 is 0. The van der Waals surface area contributed by atoms with Gasteiger partial charge in [0.2, 0.25) is 0 Å². The molecule has 0 fully saturated rings. The van der Waals surface area contributed by atoms with Gasteiger partial charge in [-0.15, -0.1) is 0 Å². The summed E-state index contributed by atoms with van der Waals surface area (Å²) in [6, 6.07) is 0. The molecule has 9 heteroatoms. The first-order valence-electron chi connectivity index (χ1n) is 9.21. The van der Waals surface area contributed by atoms with E-state index in [4.69, 9.17) is 8.85 Å². The molecule has 0 bridgehead atoms. The molecule has 0 saturated heterocycles. The fraction of sp³-hybridized carbons (Fsp3) is 0.944. The number of hydrogen-bond acceptors (Lipinski definition) is 3. The zero-order chi connectivity index (χ0) is 22.1. The molecule has 0 spiro atoms. The minimum absolute atomic E-state index is 0.0278. The summed E-state index contributed by atoms with van der Waals surface area (Å²) in [5, 5.41) is 1.92. The van der Waals surface area contributed by atoms with Crippen molar-refractivity contribution in [2.24, 2.45) is 0 Å². The lowest BCUT2D eigenvalue weighted by Crippen LogP contribution is -2.60. The van der Waals surface area contributed by atoms with Crippen LogP contribution in [0, 0.1) is 0 Å². The summed E-state index contributed by atoms with van der Waals surface area (Å²) in [6.45, 7) is 21.9. The SMILES string of the molecule is CC(CO[Si](C)(C)C(C)(C)C)(CO[Si](C)(C)C(C)(C)C)NC(=O)C(F)(F)F. The van der Waals surface area contributed by atoms with Gasteiger partial charge in [0.15, 0.2) is 16.6 Å². The van der Waals surface area contributed by atoms with Gasteiger partial charge in [0.05, 0.1) is 18.8 Å². The van der Waals surface area contributed by atoms with Crippen molar-refractivity contribution in [3.05, 3.63) is 0 Å². The van der Waals surface area contributed by atoms with Gasteiger partial charge in [-0.25, -0.2) is 0 Å². The molecule has 162 valence electrons. The van der Waals surface area contributed by atoms with Crippen molar-refractivity contribution in [3.8, 4) is 0 Å². The summed E-state index contributed by atoms with van der Waals surface area (Å²) < 4.78 is 50.7. The van der Waals surface area contributed by atoms with Gasteiger partial charge in [-0.3, -0.25) is 4.79 Å². The van der Waals surface area contributed by atoms with Crippen molar-refractivity contribution in [3.63, 3.8) is 0 Å². The third kappa shape index (κ3) is 7.87. The number of rotatable bonds is 7. The third-order valence-corrected chi connectivity index (χ3v) is 14.7. The maximum absolute atomic E-state index is 12.8. The first-order chi connectivity index (χ1) is 11.5. The lowest BCUT2D eigenvalue weighted by atomic mass is 10.1. The molecule has 1 amide bonds. The van der Waals surface area contributed by atoms with Gasteiger partial charge in [-0.05, 0) is 43.2 Å². The smallest absolute Gasteiger partial charge is 0.414 e. The number of nitrogens with one attached hydrogen (secondary N) is 1. The minimum Gasteiger partial charge on any atom is -0.414 e. The van der Waals surface area contributed by atoms with E-state index in [0.29, 0.717) is 0 Å². The van der Waals surface area contributed by atoms with Gasteiger partial charge in [0.25, 0.3) is 0 Å². The van der Waals surface area contributed by atoms with E-state index in [1.165, 1.54) is 0 Å². The Morgan fingerprint density at radius 1 is 0.778 bits per heavy atom. The van der Waals surface area contributed by atoms with Crippen molar-refractivity contribution in [2.75, 3.05) is 13.2 Å². The van der Waals surface area contributed by atoms with E-state index in [2.05, 4.69) is 46.9 Å². The minimum atomic E-state index is -4.95. The highest BCUT2D eigenvalue weighted by Gasteiger charge is 2.46. The number of amides is 1. The Morgan fingerprint density at radius 3 is 1.30 bits per heavy atom. The number of carbonyl (C=O) groups is 1. The molecular weight excluding hydrogens is 391 g/mol. The summed E-state index contributed by atoms with van der Waals surface area (Å²) in [7, 11) is -4.40. The van der Waals surface area contributed by atoms with Crippen LogP contribution >= 0.6 is 0 Å². The molecule has 0 aromatic heterocycles. The molecule has 0 aromatic carbocycles. The van der Waals surface area contributed by atoms with E-state index in [1.807, 2.05) is 26.2 Å². The molecule has 0 aromatic rings. The molecule has 0 heterocycles. The van der Waals surface area contributed by atoms with Crippen LogP contribution in [-0.4, -0.2) is 47.5 Å². The standard InChI is InChI=1S/C18H38F3NO3Si2/c1-15(2,3)26(8,9)24-12-17(7,22-14(23)18(19,20)21)13-25-27(10,11)16(4,5)6/h12-13H2,1-11H3,(H,22,23). The Bertz CT molecular complexity index is 491. The fourth-order valence-electron chi connectivity index (χ4n) is 1.57. The number of hydrogen-bond donors (Lipinski definition) is 1. The van der Waals surface area contributed by atoms with Crippen molar-refractivity contribution in [1.29, 1.82) is 0 Å². The van der Waals surface area contributed by atoms with E-state index in [9.17, 15) is 18.0 Å². The predicted octanol–water partition coefficient (Wildman–Crippen LogP) is 5.47. The lowest BCUT2D eigenvalue weighted by Gasteiger charge is -2.43. The summed E-state index contributed by atoms with van der Waals surface area (Å²) in [5.74, 6) is -1.97. The third-order valence-electron chi connectivity index (χ3n) is 5.79. The number of halogens is 3. The highest BCUT2D eigenvalue weighted by atomic mass is 28.4. The fourth-order valence-corrected chi connectivity index (χ4v) is 3.80. The van der Waals surface area contributed by atoms with Crippen LogP contribution in [0.15, 0.2) is 0 Å². The molecule has 1 N–H and O–H groups in total. The van der Waals surface area contributed by atoms with Gasteiger partial charge in [-0.1, -0.05) is 41.5 Å². The average molecular weight is 430 g/mol. The van der Waals surface area contributed by atoms with E-state index in [1.54, 1.807) is 6.92 Å². The first-order valence-corrected chi connectivity index (χ1v) is 15.0. The maximum atomic E-state index is 12.8. The van der Waals surface area contributed by atoms with Gasteiger partial charge in [0.1, 0.15) is 0 Å². The average Bonchev–Trinajstić information content (AvgIpc) is 2.40. The van der Waals surface area contributed by atoms with E-state index < -0.39 is 34.3 Å². The van der Waals surface area contributed by atoms with Crippen LogP contribution in [0.1, 0.15) is 48.5 Å². The highest BCUT2D eigenvalue weighted by molar-refractivity contribution is 6.74. The van der Waals surface area contributed by atoms with Gasteiger partial charge in [-0.2, -0.15) is 13.2 Å². The van der Waals surface area contributed by atoms with E-state index >= 15 is 0 Å². The van der Waals surface area contributed by atoms with Crippen LogP contribution < -0.4 is 5.32 Å². The Labute approximate surface area is 164 Å². The molecule has 0 aliphatic carbocycles. The summed E-state index contributed by atoms with van der Waals surface area (Å²) in [4.78, 5) is 11.6. The van der Waals surface area contributed by atoms with Crippen LogP contribution in [0.3, 0.4) is 0 Å². The van der Waals surface area contributed by atoms with Gasteiger partial charge >= 0.3 is 12.1 Å². The van der Waals surface area contributed by atoms with Crippen molar-refractivity contribution in [1.82, 2.24) is 5.32 Å². The normalized spacial score (nSPS) is 15.0. The van der Waals surface area contributed by atoms with Crippen molar-refractivity contribution >= 4 is 22.5 Å². The quantitative estimate of drug-likeness (QED) is 0.546. The van der Waals surface area contributed by atoms with E-state index in [0.717, 1.165) is 0 Å². The van der Waals surface area contributed by atoms with Crippen molar-refractivity contribution < 1.29 is 26.8 Å². The van der Waals surface area contributed by atoms with Crippen LogP contribution in [0.2, 0.25) is 36.3 Å². The lowest BCUT2D eigenvalue weighted by molar-refractivity contribution is -0.176. The molecular formula is C18H38F3NO3Si2. The van der Waals surface area contributed by atoms with Crippen LogP contribution in [-0.2, 0) is 13.6 Å². The Hall–Kier alpha value is -0.386. The monoisotopic (exact) mass is 429 g/mol. The number of carbonyl (C=O) groups excluding carboxylic acids is 1. The molecule has 0 rings (SSSR count). The molecule has 0 radical (unpaired) electrons. The summed E-state index contributed by atoms with van der Waals surface area (Å²) in [6.07, 6.45) is -4.95. The molecule has 0 saturated carbocycles. The second kappa shape index (κ2) is 8.16. The molecule has 0 aliphatic heterocycles. The molecule has 4 nitrogen and oxygen atoms in total. The Balaban J connectivity index is 5.49. The zero-order valence-corrected chi connectivity index (χ0v) is 20.8. The first kappa shape index (κ1) is 26.6. The zero-order valence-electron chi connectivity index (χ0n) is 18.8. The van der Waals surface area contributed by atoms with Crippen LogP contribution in [0.4, 0.5) is 13.2 Å². The van der Waals surface area contributed by atoms with Gasteiger partial charge < -0.3 is 14.2 Å². The maximum Gasteiger partial charge on any atom is 0.471 e. The van der Waals surface area contributed by atoms with Crippen LogP contribution in [0.5, 0.6) is 0 Å². The molecule has 0 atom stereocenters. The second-order valence-corrected chi connectivity index (χ2v) is 20.2. The van der Waals surface area contributed by atoms with Gasteiger partial charge in [0, 0.05) is 0 Å². The largest absolute Gasteiger partial charge is 0.471 e. The Morgan fingerprint density at radius 2 is 1.07 bits per heavy atom. The molecule has 0 aliphatic rings. The van der Waals surface area contributed by atoms with Crippen LogP contribution in [0.25, 0.3) is 0 Å². The second-order valence-electron chi connectivity index (χ2n) is 10.6. The molecule has 0 unspecified atom stereocenters.